The second-order valence-corrected chi connectivity index (χ2v) is 7.20. The van der Waals surface area contributed by atoms with Crippen molar-refractivity contribution in [1.82, 2.24) is 4.90 Å². The van der Waals surface area contributed by atoms with Gasteiger partial charge < -0.3 is 5.11 Å². The van der Waals surface area contributed by atoms with Gasteiger partial charge in [-0.1, -0.05) is 31.9 Å². The molecule has 2 saturated carbocycles. The maximum Gasteiger partial charge on any atom is 0.326 e. The summed E-state index contributed by atoms with van der Waals surface area (Å²) < 4.78 is 0. The molecule has 1 saturated heterocycles. The fourth-order valence-electron chi connectivity index (χ4n) is 5.05. The standard InChI is InChI=1S/C17H21NO4/c1-2-3-4-12(17(21)22)18-15(19)13-8-5-6-9(11-7-10(8)11)14(13)16(18)20/h5-6,8-14H,2-4,7H2,1H3,(H,21,22)/t8-,9+,10-,11+,12-,13+,14-/m0/s1. The summed E-state index contributed by atoms with van der Waals surface area (Å²) in [5, 5.41) is 9.48. The van der Waals surface area contributed by atoms with Gasteiger partial charge in [0.25, 0.3) is 0 Å². The lowest BCUT2D eigenvalue weighted by Crippen LogP contribution is -2.45. The van der Waals surface area contributed by atoms with Crippen molar-refractivity contribution in [3.05, 3.63) is 12.2 Å². The minimum absolute atomic E-state index is 0.155. The van der Waals surface area contributed by atoms with Gasteiger partial charge in [0.1, 0.15) is 6.04 Å². The third-order valence-electron chi connectivity index (χ3n) is 6.12. The van der Waals surface area contributed by atoms with Crippen LogP contribution in [0.2, 0.25) is 0 Å². The molecule has 22 heavy (non-hydrogen) atoms. The van der Waals surface area contributed by atoms with Gasteiger partial charge in [-0.2, -0.15) is 0 Å². The molecule has 5 rings (SSSR count). The number of likely N-dealkylation sites (tertiary alicyclic amines) is 1. The van der Waals surface area contributed by atoms with E-state index >= 15 is 0 Å². The lowest BCUT2D eigenvalue weighted by Gasteiger charge is -2.37. The first-order chi connectivity index (χ1) is 10.6. The van der Waals surface area contributed by atoms with Crippen LogP contribution in [0.25, 0.3) is 0 Å². The SMILES string of the molecule is CCCC[C@@H](C(=O)O)N1C(=O)[C@@H]2[C@H]3C=C[C@H]([C@H]4C[C@@H]34)[C@@H]2C1=O. The third kappa shape index (κ3) is 1.68. The van der Waals surface area contributed by atoms with Gasteiger partial charge in [0.05, 0.1) is 11.8 Å². The van der Waals surface area contributed by atoms with Crippen LogP contribution in [0.4, 0.5) is 0 Å². The van der Waals surface area contributed by atoms with E-state index in [1.807, 2.05) is 6.92 Å². The first kappa shape index (κ1) is 14.0. The predicted octanol–water partition coefficient (Wildman–Crippen LogP) is 1.68. The van der Waals surface area contributed by atoms with Gasteiger partial charge in [0, 0.05) is 0 Å². The zero-order valence-corrected chi connectivity index (χ0v) is 12.6. The molecule has 7 atom stereocenters. The van der Waals surface area contributed by atoms with Crippen molar-refractivity contribution >= 4 is 17.8 Å². The molecule has 2 bridgehead atoms. The van der Waals surface area contributed by atoms with E-state index in [4.69, 9.17) is 0 Å². The summed E-state index contributed by atoms with van der Waals surface area (Å²) in [6, 6.07) is -0.985. The van der Waals surface area contributed by atoms with E-state index in [9.17, 15) is 19.5 Å². The number of unbranched alkanes of at least 4 members (excludes halogenated alkanes) is 1. The first-order valence-corrected chi connectivity index (χ1v) is 8.34. The van der Waals surface area contributed by atoms with E-state index in [-0.39, 0.29) is 35.5 Å². The van der Waals surface area contributed by atoms with Crippen LogP contribution in [0.15, 0.2) is 12.2 Å². The highest BCUT2D eigenvalue weighted by Gasteiger charge is 2.67. The molecule has 4 aliphatic carbocycles. The topological polar surface area (TPSA) is 74.7 Å². The smallest absolute Gasteiger partial charge is 0.326 e. The Balaban J connectivity index is 1.65. The number of carbonyl (C=O) groups is 3. The molecule has 5 aliphatic rings. The van der Waals surface area contributed by atoms with E-state index in [0.29, 0.717) is 24.7 Å². The monoisotopic (exact) mass is 303 g/mol. The van der Waals surface area contributed by atoms with E-state index in [0.717, 1.165) is 17.7 Å². The van der Waals surface area contributed by atoms with Gasteiger partial charge in [-0.3, -0.25) is 14.5 Å². The van der Waals surface area contributed by atoms with Gasteiger partial charge in [0.2, 0.25) is 11.8 Å². The van der Waals surface area contributed by atoms with Crippen LogP contribution in [0, 0.1) is 35.5 Å². The van der Waals surface area contributed by atoms with Crippen molar-refractivity contribution in [2.24, 2.45) is 35.5 Å². The lowest BCUT2D eigenvalue weighted by atomic mass is 9.63. The van der Waals surface area contributed by atoms with E-state index in [1.165, 1.54) is 0 Å². The Morgan fingerprint density at radius 2 is 1.77 bits per heavy atom. The molecule has 0 radical (unpaired) electrons. The summed E-state index contributed by atoms with van der Waals surface area (Å²) in [6.07, 6.45) is 7.25. The molecule has 0 aromatic rings. The summed E-state index contributed by atoms with van der Waals surface area (Å²) in [6.45, 7) is 1.98. The summed E-state index contributed by atoms with van der Waals surface area (Å²) in [5.74, 6) is -0.710. The lowest BCUT2D eigenvalue weighted by molar-refractivity contribution is -0.155. The van der Waals surface area contributed by atoms with Crippen LogP contribution < -0.4 is 0 Å². The van der Waals surface area contributed by atoms with Crippen molar-refractivity contribution in [2.45, 2.75) is 38.6 Å². The normalized spacial score (nSPS) is 42.3. The maximum atomic E-state index is 12.8. The molecular formula is C17H21NO4. The molecule has 3 fully saturated rings. The number of hydrogen-bond donors (Lipinski definition) is 1. The van der Waals surface area contributed by atoms with Crippen LogP contribution in [-0.2, 0) is 14.4 Å². The van der Waals surface area contributed by atoms with Crippen molar-refractivity contribution in [3.63, 3.8) is 0 Å². The molecule has 5 heteroatoms. The van der Waals surface area contributed by atoms with E-state index in [2.05, 4.69) is 12.2 Å². The highest BCUT2D eigenvalue weighted by atomic mass is 16.4. The fraction of sp³-hybridized carbons (Fsp3) is 0.706. The Kier molecular flexibility index (Phi) is 2.97. The second-order valence-electron chi connectivity index (χ2n) is 7.20. The fourth-order valence-corrected chi connectivity index (χ4v) is 5.05. The summed E-state index contributed by atoms with van der Waals surface area (Å²) in [7, 11) is 0. The molecule has 5 nitrogen and oxygen atoms in total. The Morgan fingerprint density at radius 1 is 1.23 bits per heavy atom. The number of rotatable bonds is 5. The Morgan fingerprint density at radius 3 is 2.23 bits per heavy atom. The largest absolute Gasteiger partial charge is 0.480 e. The van der Waals surface area contributed by atoms with Gasteiger partial charge in [0.15, 0.2) is 0 Å². The number of carboxylic acids is 1. The molecule has 2 amide bonds. The molecule has 118 valence electrons. The minimum Gasteiger partial charge on any atom is -0.480 e. The van der Waals surface area contributed by atoms with Crippen LogP contribution in [0.5, 0.6) is 0 Å². The molecular weight excluding hydrogens is 282 g/mol. The highest BCUT2D eigenvalue weighted by molar-refractivity contribution is 6.08. The summed E-state index contributed by atoms with van der Waals surface area (Å²) in [5.41, 5.74) is 0. The number of hydrogen-bond acceptors (Lipinski definition) is 3. The predicted molar refractivity (Wildman–Crippen MR) is 77.5 cm³/mol. The van der Waals surface area contributed by atoms with Crippen molar-refractivity contribution in [2.75, 3.05) is 0 Å². The zero-order chi connectivity index (χ0) is 15.6. The summed E-state index contributed by atoms with van der Waals surface area (Å²) >= 11 is 0. The average molecular weight is 303 g/mol. The molecule has 0 aromatic heterocycles. The zero-order valence-electron chi connectivity index (χ0n) is 12.6. The Labute approximate surface area is 129 Å². The molecule has 1 aliphatic heterocycles. The number of carboxylic acid groups (broad SMARTS) is 1. The van der Waals surface area contributed by atoms with Crippen molar-refractivity contribution in [1.29, 1.82) is 0 Å². The van der Waals surface area contributed by atoms with Gasteiger partial charge in [-0.05, 0) is 36.5 Å². The molecule has 1 N–H and O–H groups in total. The molecule has 0 unspecified atom stereocenters. The van der Waals surface area contributed by atoms with Crippen LogP contribution in [-0.4, -0.2) is 33.8 Å². The minimum atomic E-state index is -1.06. The van der Waals surface area contributed by atoms with Gasteiger partial charge in [-0.15, -0.1) is 0 Å². The number of amides is 2. The molecule has 1 heterocycles. The number of nitrogens with zero attached hydrogens (tertiary/aromatic N) is 1. The number of imide groups is 1. The number of aliphatic carboxylic acids is 1. The van der Waals surface area contributed by atoms with Crippen LogP contribution >= 0.6 is 0 Å². The summed E-state index contributed by atoms with van der Waals surface area (Å²) in [4.78, 5) is 38.3. The molecule has 0 spiro atoms. The third-order valence-corrected chi connectivity index (χ3v) is 6.12. The van der Waals surface area contributed by atoms with Crippen LogP contribution in [0.1, 0.15) is 32.6 Å². The second kappa shape index (κ2) is 4.67. The average Bonchev–Trinajstić information content (AvgIpc) is 3.27. The van der Waals surface area contributed by atoms with Crippen LogP contribution in [0.3, 0.4) is 0 Å². The quantitative estimate of drug-likeness (QED) is 0.619. The Bertz CT molecular complexity index is 547. The van der Waals surface area contributed by atoms with E-state index < -0.39 is 12.0 Å². The Hall–Kier alpha value is -1.65. The highest BCUT2D eigenvalue weighted by Crippen LogP contribution is 2.65. The molecule has 0 aromatic carbocycles. The van der Waals surface area contributed by atoms with Gasteiger partial charge >= 0.3 is 5.97 Å². The van der Waals surface area contributed by atoms with Gasteiger partial charge in [-0.25, -0.2) is 4.79 Å². The first-order valence-electron chi connectivity index (χ1n) is 8.34. The van der Waals surface area contributed by atoms with Crippen molar-refractivity contribution < 1.29 is 19.5 Å². The van der Waals surface area contributed by atoms with E-state index in [1.54, 1.807) is 0 Å². The maximum absolute atomic E-state index is 12.8. The number of allylic oxidation sites excluding steroid dienone is 2. The number of carbonyl (C=O) groups excluding carboxylic acids is 2. The van der Waals surface area contributed by atoms with Crippen molar-refractivity contribution in [3.8, 4) is 0 Å².